The molecule has 1 N–H and O–H groups in total. The van der Waals surface area contributed by atoms with Crippen LogP contribution in [0.25, 0.3) is 0 Å². The molecule has 1 heterocycles. The summed E-state index contributed by atoms with van der Waals surface area (Å²) < 4.78 is 0. The van der Waals surface area contributed by atoms with E-state index in [9.17, 15) is 14.7 Å². The molecule has 1 amide bonds. The van der Waals surface area contributed by atoms with Gasteiger partial charge in [-0.2, -0.15) is 0 Å². The summed E-state index contributed by atoms with van der Waals surface area (Å²) in [5.41, 5.74) is 0. The molecule has 0 spiro atoms. The Balaban J connectivity index is 1.70. The number of likely N-dealkylation sites (tertiary alicyclic amines) is 1. The van der Waals surface area contributed by atoms with Crippen LogP contribution >= 0.6 is 0 Å². The topological polar surface area (TPSA) is 60.9 Å². The highest BCUT2D eigenvalue weighted by Gasteiger charge is 2.46. The summed E-state index contributed by atoms with van der Waals surface area (Å²) in [5, 5.41) is 9.44. The third-order valence-electron chi connectivity index (χ3n) is 5.31. The van der Waals surface area contributed by atoms with Gasteiger partial charge in [0.25, 0.3) is 0 Å². The first-order chi connectivity index (χ1) is 9.58. The Morgan fingerprint density at radius 1 is 1.20 bits per heavy atom. The van der Waals surface area contributed by atoms with E-state index in [1.54, 1.807) is 0 Å². The maximum absolute atomic E-state index is 12.3. The van der Waals surface area contributed by atoms with Crippen molar-refractivity contribution in [3.05, 3.63) is 0 Å². The van der Waals surface area contributed by atoms with Gasteiger partial charge in [-0.25, -0.2) is 0 Å². The fourth-order valence-electron chi connectivity index (χ4n) is 3.96. The van der Waals surface area contributed by atoms with E-state index in [0.717, 1.165) is 38.5 Å². The molecule has 0 aromatic carbocycles. The van der Waals surface area contributed by atoms with Crippen molar-refractivity contribution in [2.45, 2.75) is 63.1 Å². The molecular weight excluding hydrogens is 256 g/mol. The predicted molar refractivity (Wildman–Crippen MR) is 74.3 cm³/mol. The lowest BCUT2D eigenvalue weighted by Gasteiger charge is -2.33. The van der Waals surface area contributed by atoms with Crippen LogP contribution in [0, 0.1) is 5.92 Å². The smallest absolute Gasteiger partial charge is 0.320 e. The molecule has 0 radical (unpaired) electrons. The number of carboxylic acid groups (broad SMARTS) is 1. The van der Waals surface area contributed by atoms with Crippen molar-refractivity contribution < 1.29 is 14.7 Å². The van der Waals surface area contributed by atoms with Crippen molar-refractivity contribution >= 4 is 11.9 Å². The van der Waals surface area contributed by atoms with Crippen LogP contribution in [0.1, 0.15) is 44.9 Å². The summed E-state index contributed by atoms with van der Waals surface area (Å²) in [6.07, 6.45) is 7.45. The zero-order valence-electron chi connectivity index (χ0n) is 12.1. The first-order valence-corrected chi connectivity index (χ1v) is 7.82. The second-order valence-corrected chi connectivity index (χ2v) is 6.61. The lowest BCUT2D eigenvalue weighted by molar-refractivity contribution is -0.144. The fraction of sp³-hybridized carbons (Fsp3) is 0.867. The number of hydrogen-bond acceptors (Lipinski definition) is 3. The minimum atomic E-state index is -0.763. The Labute approximate surface area is 119 Å². The maximum atomic E-state index is 12.3. The number of aliphatic carboxylic acids is 1. The molecular formula is C15H24N2O3. The normalized spacial score (nSPS) is 33.8. The molecule has 3 fully saturated rings. The Morgan fingerprint density at radius 3 is 2.55 bits per heavy atom. The second-order valence-electron chi connectivity index (χ2n) is 6.61. The van der Waals surface area contributed by atoms with Gasteiger partial charge in [-0.1, -0.05) is 12.8 Å². The van der Waals surface area contributed by atoms with E-state index in [1.165, 1.54) is 6.42 Å². The number of carbonyl (C=O) groups is 2. The van der Waals surface area contributed by atoms with Gasteiger partial charge in [0, 0.05) is 19.1 Å². The molecule has 2 aliphatic carbocycles. The molecule has 1 saturated heterocycles. The highest BCUT2D eigenvalue weighted by atomic mass is 16.4. The third kappa shape index (κ3) is 2.55. The molecule has 0 unspecified atom stereocenters. The molecule has 2 saturated carbocycles. The minimum Gasteiger partial charge on any atom is -0.480 e. The molecule has 5 heteroatoms. The average molecular weight is 280 g/mol. The number of carboxylic acids is 1. The van der Waals surface area contributed by atoms with Crippen molar-refractivity contribution in [1.29, 1.82) is 0 Å². The zero-order chi connectivity index (χ0) is 14.3. The number of nitrogens with zero attached hydrogens (tertiary/aromatic N) is 2. The molecule has 3 rings (SSSR count). The van der Waals surface area contributed by atoms with Crippen molar-refractivity contribution in [3.8, 4) is 0 Å². The highest BCUT2D eigenvalue weighted by molar-refractivity contribution is 5.80. The van der Waals surface area contributed by atoms with Crippen LogP contribution in [-0.4, -0.2) is 58.5 Å². The molecule has 112 valence electrons. The Morgan fingerprint density at radius 2 is 1.90 bits per heavy atom. The van der Waals surface area contributed by atoms with Crippen LogP contribution in [0.15, 0.2) is 0 Å². The fourth-order valence-corrected chi connectivity index (χ4v) is 3.96. The largest absolute Gasteiger partial charge is 0.480 e. The van der Waals surface area contributed by atoms with E-state index in [-0.39, 0.29) is 12.5 Å². The monoisotopic (exact) mass is 280 g/mol. The number of hydrogen-bond donors (Lipinski definition) is 1. The first-order valence-electron chi connectivity index (χ1n) is 7.82. The second kappa shape index (κ2) is 5.35. The number of fused-ring (bicyclic) bond motifs is 1. The van der Waals surface area contributed by atoms with Gasteiger partial charge in [-0.15, -0.1) is 0 Å². The van der Waals surface area contributed by atoms with Gasteiger partial charge in [-0.05, 0) is 38.0 Å². The van der Waals surface area contributed by atoms with E-state index in [0.29, 0.717) is 18.0 Å². The summed E-state index contributed by atoms with van der Waals surface area (Å²) in [6, 6.07) is 0.247. The molecule has 0 bridgehead atoms. The standard InChI is InChI=1S/C15H24N2O3/c1-16(11-6-7-11)14(18)9-17-12-5-3-2-4-10(12)8-13(17)15(19)20/h10-13H,2-9H2,1H3,(H,19,20)/t10-,12-,13+/m1/s1. The molecule has 3 aliphatic rings. The van der Waals surface area contributed by atoms with Gasteiger partial charge >= 0.3 is 5.97 Å². The lowest BCUT2D eigenvalue weighted by atomic mass is 9.85. The van der Waals surface area contributed by atoms with Gasteiger partial charge in [0.15, 0.2) is 0 Å². The summed E-state index contributed by atoms with van der Waals surface area (Å²) >= 11 is 0. The lowest BCUT2D eigenvalue weighted by Crippen LogP contribution is -2.48. The van der Waals surface area contributed by atoms with Crippen molar-refractivity contribution in [3.63, 3.8) is 0 Å². The summed E-state index contributed by atoms with van der Waals surface area (Å²) in [6.45, 7) is 0.283. The van der Waals surface area contributed by atoms with Crippen molar-refractivity contribution in [1.82, 2.24) is 9.80 Å². The Hall–Kier alpha value is -1.10. The van der Waals surface area contributed by atoms with E-state index in [4.69, 9.17) is 0 Å². The number of carbonyl (C=O) groups excluding carboxylic acids is 1. The Kier molecular flexibility index (Phi) is 3.71. The third-order valence-corrected chi connectivity index (χ3v) is 5.31. The van der Waals surface area contributed by atoms with E-state index in [1.807, 2.05) is 16.8 Å². The van der Waals surface area contributed by atoms with E-state index < -0.39 is 12.0 Å². The van der Waals surface area contributed by atoms with Crippen molar-refractivity contribution in [2.75, 3.05) is 13.6 Å². The molecule has 5 nitrogen and oxygen atoms in total. The van der Waals surface area contributed by atoms with Crippen molar-refractivity contribution in [2.24, 2.45) is 5.92 Å². The Bertz CT molecular complexity index is 408. The van der Waals surface area contributed by atoms with Crippen LogP contribution in [-0.2, 0) is 9.59 Å². The minimum absolute atomic E-state index is 0.0879. The molecule has 0 aromatic rings. The maximum Gasteiger partial charge on any atom is 0.320 e. The summed E-state index contributed by atoms with van der Waals surface area (Å²) in [5.74, 6) is -0.199. The molecule has 0 aromatic heterocycles. The first kappa shape index (κ1) is 13.9. The van der Waals surface area contributed by atoms with Gasteiger partial charge in [0.05, 0.1) is 6.54 Å². The van der Waals surface area contributed by atoms with Crippen LogP contribution in [0.2, 0.25) is 0 Å². The number of amides is 1. The quantitative estimate of drug-likeness (QED) is 0.844. The predicted octanol–water partition coefficient (Wildman–Crippen LogP) is 1.32. The molecule has 20 heavy (non-hydrogen) atoms. The SMILES string of the molecule is CN(C(=O)CN1[C@@H]2CCCC[C@@H]2C[C@H]1C(=O)O)C1CC1. The van der Waals surface area contributed by atoms with Crippen LogP contribution in [0.5, 0.6) is 0 Å². The van der Waals surface area contributed by atoms with Crippen LogP contribution in [0.4, 0.5) is 0 Å². The number of likely N-dealkylation sites (N-methyl/N-ethyl adjacent to an activating group) is 1. The summed E-state index contributed by atoms with van der Waals surface area (Å²) in [7, 11) is 1.85. The number of rotatable bonds is 4. The zero-order valence-corrected chi connectivity index (χ0v) is 12.1. The molecule has 1 aliphatic heterocycles. The van der Waals surface area contributed by atoms with Crippen LogP contribution in [0.3, 0.4) is 0 Å². The molecule has 3 atom stereocenters. The van der Waals surface area contributed by atoms with Gasteiger partial charge in [0.2, 0.25) is 5.91 Å². The van der Waals surface area contributed by atoms with Crippen LogP contribution < -0.4 is 0 Å². The van der Waals surface area contributed by atoms with Gasteiger partial charge in [0.1, 0.15) is 6.04 Å². The summed E-state index contributed by atoms with van der Waals surface area (Å²) in [4.78, 5) is 27.6. The van der Waals surface area contributed by atoms with E-state index in [2.05, 4.69) is 0 Å². The van der Waals surface area contributed by atoms with E-state index >= 15 is 0 Å². The average Bonchev–Trinajstić information content (AvgIpc) is 3.21. The van der Waals surface area contributed by atoms with Gasteiger partial charge in [-0.3, -0.25) is 14.5 Å². The van der Waals surface area contributed by atoms with Gasteiger partial charge < -0.3 is 10.0 Å². The highest BCUT2D eigenvalue weighted by Crippen LogP contribution is 2.39.